The van der Waals surface area contributed by atoms with Crippen molar-refractivity contribution in [2.45, 2.75) is 97.8 Å². The molecule has 0 aliphatic carbocycles. The molecule has 0 radical (unpaired) electrons. The SMILES string of the molecule is CCCCCCCCN(C(=O)C(CO)NC(=O)OC(C)(C)C)C(C(=O)Nc1ccccc1C)c1cccc(C)c1O. The molecule has 2 aromatic rings. The second-order valence-corrected chi connectivity index (χ2v) is 11.4. The van der Waals surface area contributed by atoms with E-state index in [-0.39, 0.29) is 17.9 Å². The van der Waals surface area contributed by atoms with Crippen molar-refractivity contribution in [3.8, 4) is 5.75 Å². The number of hydrogen-bond acceptors (Lipinski definition) is 6. The molecule has 41 heavy (non-hydrogen) atoms. The van der Waals surface area contributed by atoms with Gasteiger partial charge in [-0.25, -0.2) is 4.79 Å². The number of ether oxygens (including phenoxy) is 1. The second-order valence-electron chi connectivity index (χ2n) is 11.4. The fourth-order valence-electron chi connectivity index (χ4n) is 4.53. The molecule has 2 atom stereocenters. The first-order valence-corrected chi connectivity index (χ1v) is 14.4. The van der Waals surface area contributed by atoms with Gasteiger partial charge < -0.3 is 30.5 Å². The third kappa shape index (κ3) is 10.4. The zero-order valence-corrected chi connectivity index (χ0v) is 25.3. The zero-order chi connectivity index (χ0) is 30.6. The number of carbonyl (C=O) groups excluding carboxylic acids is 3. The number of hydrogen-bond donors (Lipinski definition) is 4. The predicted molar refractivity (Wildman–Crippen MR) is 161 cm³/mol. The number of aliphatic hydroxyl groups excluding tert-OH is 1. The molecular formula is C32H47N3O6. The molecule has 0 saturated heterocycles. The average molecular weight is 570 g/mol. The molecule has 9 nitrogen and oxygen atoms in total. The first-order valence-electron chi connectivity index (χ1n) is 14.4. The van der Waals surface area contributed by atoms with Gasteiger partial charge in [-0.2, -0.15) is 0 Å². The number of phenols is 1. The highest BCUT2D eigenvalue weighted by atomic mass is 16.6. The number of rotatable bonds is 14. The topological polar surface area (TPSA) is 128 Å². The molecule has 0 aromatic heterocycles. The minimum Gasteiger partial charge on any atom is -0.507 e. The van der Waals surface area contributed by atoms with Crippen LogP contribution in [0.25, 0.3) is 0 Å². The Morgan fingerprint density at radius 3 is 2.20 bits per heavy atom. The van der Waals surface area contributed by atoms with Gasteiger partial charge in [0.15, 0.2) is 0 Å². The molecule has 2 rings (SSSR count). The maximum atomic E-state index is 14.0. The van der Waals surface area contributed by atoms with Crippen molar-refractivity contribution in [2.75, 3.05) is 18.5 Å². The summed E-state index contributed by atoms with van der Waals surface area (Å²) < 4.78 is 5.30. The highest BCUT2D eigenvalue weighted by Crippen LogP contribution is 2.33. The highest BCUT2D eigenvalue weighted by molar-refractivity contribution is 5.99. The Morgan fingerprint density at radius 2 is 1.56 bits per heavy atom. The number of aliphatic hydroxyl groups is 1. The van der Waals surface area contributed by atoms with Gasteiger partial charge in [0, 0.05) is 17.8 Å². The largest absolute Gasteiger partial charge is 0.507 e. The number of phenolic OH excluding ortho intramolecular Hbond substituents is 1. The summed E-state index contributed by atoms with van der Waals surface area (Å²) in [6, 6.07) is 9.75. The van der Waals surface area contributed by atoms with E-state index >= 15 is 0 Å². The molecule has 2 unspecified atom stereocenters. The molecule has 4 N–H and O–H groups in total. The zero-order valence-electron chi connectivity index (χ0n) is 25.3. The molecule has 2 aromatic carbocycles. The lowest BCUT2D eigenvalue weighted by Gasteiger charge is -2.34. The van der Waals surface area contributed by atoms with Gasteiger partial charge in [0.2, 0.25) is 5.91 Å². The third-order valence-corrected chi connectivity index (χ3v) is 6.73. The number of nitrogens with zero attached hydrogens (tertiary/aromatic N) is 1. The molecule has 3 amide bonds. The summed E-state index contributed by atoms with van der Waals surface area (Å²) in [7, 11) is 0. The van der Waals surface area contributed by atoms with E-state index < -0.39 is 42.2 Å². The number of aromatic hydroxyl groups is 1. The maximum absolute atomic E-state index is 14.0. The van der Waals surface area contributed by atoms with Crippen LogP contribution in [0.2, 0.25) is 0 Å². The van der Waals surface area contributed by atoms with E-state index in [0.717, 1.165) is 37.7 Å². The maximum Gasteiger partial charge on any atom is 0.408 e. The number of nitrogens with one attached hydrogen (secondary N) is 2. The number of aryl methyl sites for hydroxylation is 2. The van der Waals surface area contributed by atoms with Crippen LogP contribution in [0.15, 0.2) is 42.5 Å². The number of anilines is 1. The van der Waals surface area contributed by atoms with Crippen LogP contribution in [0.4, 0.5) is 10.5 Å². The van der Waals surface area contributed by atoms with E-state index in [1.54, 1.807) is 58.0 Å². The summed E-state index contributed by atoms with van der Waals surface area (Å²) in [6.45, 7) is 10.3. The van der Waals surface area contributed by atoms with Crippen LogP contribution in [0.3, 0.4) is 0 Å². The van der Waals surface area contributed by atoms with E-state index in [2.05, 4.69) is 17.6 Å². The lowest BCUT2D eigenvalue weighted by atomic mass is 9.98. The summed E-state index contributed by atoms with van der Waals surface area (Å²) in [6.07, 6.45) is 4.84. The first-order chi connectivity index (χ1) is 19.4. The molecule has 0 fully saturated rings. The molecular weight excluding hydrogens is 522 g/mol. The van der Waals surface area contributed by atoms with Crippen LogP contribution in [-0.2, 0) is 14.3 Å². The monoisotopic (exact) mass is 569 g/mol. The molecule has 0 spiro atoms. The van der Waals surface area contributed by atoms with Gasteiger partial charge in [-0.1, -0.05) is 75.4 Å². The summed E-state index contributed by atoms with van der Waals surface area (Å²) in [5.41, 5.74) is 1.40. The number of para-hydroxylation sites is 2. The minimum absolute atomic E-state index is 0.0983. The van der Waals surface area contributed by atoms with Crippen molar-refractivity contribution in [1.82, 2.24) is 10.2 Å². The van der Waals surface area contributed by atoms with Crippen molar-refractivity contribution in [3.05, 3.63) is 59.2 Å². The van der Waals surface area contributed by atoms with Gasteiger partial charge in [-0.05, 0) is 58.2 Å². The third-order valence-electron chi connectivity index (χ3n) is 6.73. The van der Waals surface area contributed by atoms with E-state index in [9.17, 15) is 24.6 Å². The molecule has 0 aliphatic rings. The summed E-state index contributed by atoms with van der Waals surface area (Å²) in [4.78, 5) is 41.9. The van der Waals surface area contributed by atoms with Gasteiger partial charge in [0.1, 0.15) is 23.4 Å². The summed E-state index contributed by atoms with van der Waals surface area (Å²) in [5, 5.41) is 26.6. The normalized spacial score (nSPS) is 12.8. The van der Waals surface area contributed by atoms with Crippen molar-refractivity contribution in [2.24, 2.45) is 0 Å². The first kappa shape index (κ1) is 33.6. The summed E-state index contributed by atoms with van der Waals surface area (Å²) >= 11 is 0. The predicted octanol–water partition coefficient (Wildman–Crippen LogP) is 5.76. The van der Waals surface area contributed by atoms with Gasteiger partial charge in [-0.15, -0.1) is 0 Å². The van der Waals surface area contributed by atoms with Crippen LogP contribution in [0.5, 0.6) is 5.75 Å². The van der Waals surface area contributed by atoms with Crippen LogP contribution in [0.1, 0.15) is 89.0 Å². The van der Waals surface area contributed by atoms with Crippen LogP contribution >= 0.6 is 0 Å². The standard InChI is InChI=1S/C32H47N3O6/c1-7-8-9-10-11-14-20-35(30(39)26(21-36)34-31(40)41-32(4,5)6)27(24-18-15-17-23(3)28(24)37)29(38)33-25-19-13-12-16-22(25)2/h12-13,15-19,26-27,36-37H,7-11,14,20-21H2,1-6H3,(H,33,38)(H,34,40). The average Bonchev–Trinajstić information content (AvgIpc) is 2.90. The van der Waals surface area contributed by atoms with E-state index in [1.165, 1.54) is 4.90 Å². The van der Waals surface area contributed by atoms with E-state index in [0.29, 0.717) is 17.7 Å². The molecule has 0 bridgehead atoms. The Bertz CT molecular complexity index is 1160. The van der Waals surface area contributed by atoms with Gasteiger partial charge >= 0.3 is 6.09 Å². The van der Waals surface area contributed by atoms with E-state index in [1.807, 2.05) is 19.1 Å². The Labute approximate surface area is 244 Å². The lowest BCUT2D eigenvalue weighted by molar-refractivity contribution is -0.141. The number of amides is 3. The second kappa shape index (κ2) is 16.0. The van der Waals surface area contributed by atoms with E-state index in [4.69, 9.17) is 4.74 Å². The molecule has 0 saturated carbocycles. The summed E-state index contributed by atoms with van der Waals surface area (Å²) in [5.74, 6) is -1.27. The molecule has 0 aliphatic heterocycles. The number of alkyl carbamates (subject to hydrolysis) is 1. The van der Waals surface area contributed by atoms with Crippen molar-refractivity contribution in [1.29, 1.82) is 0 Å². The number of benzene rings is 2. The van der Waals surface area contributed by atoms with Crippen LogP contribution in [-0.4, -0.2) is 57.8 Å². The lowest BCUT2D eigenvalue weighted by Crippen LogP contribution is -2.54. The number of carbonyl (C=O) groups is 3. The minimum atomic E-state index is -1.36. The Kier molecular flexibility index (Phi) is 13.1. The van der Waals surface area contributed by atoms with Crippen LogP contribution in [0, 0.1) is 13.8 Å². The quantitative estimate of drug-likeness (QED) is 0.214. The fraction of sp³-hybridized carbons (Fsp3) is 0.531. The number of unbranched alkanes of at least 4 members (excludes halogenated alkanes) is 5. The Morgan fingerprint density at radius 1 is 0.927 bits per heavy atom. The van der Waals surface area contributed by atoms with Crippen molar-refractivity contribution in [3.63, 3.8) is 0 Å². The van der Waals surface area contributed by atoms with Gasteiger partial charge in [-0.3, -0.25) is 9.59 Å². The van der Waals surface area contributed by atoms with Gasteiger partial charge in [0.25, 0.3) is 5.91 Å². The molecule has 0 heterocycles. The molecule has 9 heteroatoms. The Hall–Kier alpha value is -3.59. The van der Waals surface area contributed by atoms with Crippen molar-refractivity contribution < 1.29 is 29.3 Å². The van der Waals surface area contributed by atoms with Crippen LogP contribution < -0.4 is 10.6 Å². The Balaban J connectivity index is 2.51. The smallest absolute Gasteiger partial charge is 0.408 e. The van der Waals surface area contributed by atoms with Gasteiger partial charge in [0.05, 0.1) is 6.61 Å². The fourth-order valence-corrected chi connectivity index (χ4v) is 4.53. The van der Waals surface area contributed by atoms with Crippen molar-refractivity contribution >= 4 is 23.6 Å². The molecule has 226 valence electrons. The highest BCUT2D eigenvalue weighted by Gasteiger charge is 2.37.